The van der Waals surface area contributed by atoms with Gasteiger partial charge in [-0.25, -0.2) is 9.59 Å². The number of benzene rings is 1. The van der Waals surface area contributed by atoms with Gasteiger partial charge < -0.3 is 14.7 Å². The number of rotatable bonds is 4. The molecule has 0 amide bonds. The number of para-hydroxylation sites is 1. The van der Waals surface area contributed by atoms with Crippen LogP contribution in [0.3, 0.4) is 0 Å². The minimum absolute atomic E-state index is 0.169. The fraction of sp³-hybridized carbons (Fsp3) is 0.286. The number of carbonyl (C=O) groups excluding carboxylic acids is 1. The third-order valence-corrected chi connectivity index (χ3v) is 5.08. The standard InChI is InChI=1S/C21H22N2O4/c1-5-27-21(26)18-13(3)23(4)12(2)17(20(24)25)19(18)15-10-11-22-16-9-7-6-8-14(15)16/h6-11,19H,5H2,1-4H3,(H,24,25). The second-order valence-electron chi connectivity index (χ2n) is 6.43. The van der Waals surface area contributed by atoms with Crippen molar-refractivity contribution in [2.24, 2.45) is 0 Å². The molecule has 2 aromatic rings. The van der Waals surface area contributed by atoms with Crippen molar-refractivity contribution in [1.29, 1.82) is 0 Å². The van der Waals surface area contributed by atoms with Gasteiger partial charge in [0, 0.05) is 30.0 Å². The Morgan fingerprint density at radius 1 is 1.15 bits per heavy atom. The van der Waals surface area contributed by atoms with Crippen LogP contribution in [-0.2, 0) is 14.3 Å². The lowest BCUT2D eigenvalue weighted by Gasteiger charge is -2.35. The van der Waals surface area contributed by atoms with Crippen molar-refractivity contribution in [2.45, 2.75) is 26.7 Å². The summed E-state index contributed by atoms with van der Waals surface area (Å²) in [6.45, 7) is 5.51. The zero-order valence-corrected chi connectivity index (χ0v) is 15.8. The van der Waals surface area contributed by atoms with Crippen LogP contribution in [0.2, 0.25) is 0 Å². The van der Waals surface area contributed by atoms with Crippen molar-refractivity contribution in [2.75, 3.05) is 13.7 Å². The van der Waals surface area contributed by atoms with E-state index in [9.17, 15) is 14.7 Å². The van der Waals surface area contributed by atoms with Gasteiger partial charge in [-0.05, 0) is 38.5 Å². The summed E-state index contributed by atoms with van der Waals surface area (Å²) >= 11 is 0. The number of carboxylic acids is 1. The molecule has 0 aliphatic carbocycles. The minimum atomic E-state index is -1.06. The van der Waals surface area contributed by atoms with Gasteiger partial charge in [-0.3, -0.25) is 4.98 Å². The molecule has 1 aromatic carbocycles. The Kier molecular flexibility index (Phi) is 4.99. The zero-order valence-electron chi connectivity index (χ0n) is 15.8. The first-order valence-corrected chi connectivity index (χ1v) is 8.77. The fourth-order valence-electron chi connectivity index (χ4n) is 3.61. The number of allylic oxidation sites excluding steroid dienone is 2. The molecule has 1 unspecified atom stereocenters. The van der Waals surface area contributed by atoms with Crippen LogP contribution in [0.15, 0.2) is 59.1 Å². The molecular formula is C21H22N2O4. The Hall–Kier alpha value is -3.15. The second-order valence-corrected chi connectivity index (χ2v) is 6.43. The SMILES string of the molecule is CCOC(=O)C1=C(C)N(C)C(C)=C(C(=O)O)C1c1ccnc2ccccc12. The van der Waals surface area contributed by atoms with Gasteiger partial charge in [0.05, 0.1) is 29.2 Å². The maximum absolute atomic E-state index is 12.8. The highest BCUT2D eigenvalue weighted by molar-refractivity contribution is 6.01. The minimum Gasteiger partial charge on any atom is -0.478 e. The van der Waals surface area contributed by atoms with Crippen molar-refractivity contribution in [3.05, 3.63) is 64.6 Å². The van der Waals surface area contributed by atoms with Crippen LogP contribution in [0.5, 0.6) is 0 Å². The molecule has 1 aromatic heterocycles. The summed E-state index contributed by atoms with van der Waals surface area (Å²) in [6.07, 6.45) is 1.64. The van der Waals surface area contributed by atoms with Gasteiger partial charge in [0.2, 0.25) is 0 Å². The molecule has 1 aliphatic rings. The molecule has 0 radical (unpaired) electrons. The summed E-state index contributed by atoms with van der Waals surface area (Å²) in [5, 5.41) is 10.8. The highest BCUT2D eigenvalue weighted by Gasteiger charge is 2.39. The molecule has 0 saturated carbocycles. The third kappa shape index (κ3) is 3.07. The lowest BCUT2D eigenvalue weighted by atomic mass is 9.79. The first-order chi connectivity index (χ1) is 12.9. The fourth-order valence-corrected chi connectivity index (χ4v) is 3.61. The number of hydrogen-bond donors (Lipinski definition) is 1. The molecule has 1 aliphatic heterocycles. The number of esters is 1. The molecule has 2 heterocycles. The summed E-state index contributed by atoms with van der Waals surface area (Å²) in [6, 6.07) is 9.29. The predicted molar refractivity (Wildman–Crippen MR) is 102 cm³/mol. The van der Waals surface area contributed by atoms with E-state index in [1.807, 2.05) is 31.2 Å². The Balaban J connectivity index is 2.35. The van der Waals surface area contributed by atoms with Gasteiger partial charge >= 0.3 is 11.9 Å². The van der Waals surface area contributed by atoms with Crippen LogP contribution >= 0.6 is 0 Å². The second kappa shape index (κ2) is 7.23. The largest absolute Gasteiger partial charge is 0.478 e. The van der Waals surface area contributed by atoms with Crippen LogP contribution < -0.4 is 0 Å². The lowest BCUT2D eigenvalue weighted by Crippen LogP contribution is -2.33. The van der Waals surface area contributed by atoms with Crippen molar-refractivity contribution < 1.29 is 19.4 Å². The Morgan fingerprint density at radius 3 is 2.48 bits per heavy atom. The highest BCUT2D eigenvalue weighted by atomic mass is 16.5. The van der Waals surface area contributed by atoms with E-state index in [1.165, 1.54) is 0 Å². The number of carbonyl (C=O) groups is 2. The number of hydrogen-bond acceptors (Lipinski definition) is 5. The van der Waals surface area contributed by atoms with Crippen LogP contribution in [0, 0.1) is 0 Å². The van der Waals surface area contributed by atoms with Crippen molar-refractivity contribution in [3.63, 3.8) is 0 Å². The number of pyridine rings is 1. The maximum atomic E-state index is 12.8. The van der Waals surface area contributed by atoms with Gasteiger partial charge in [0.15, 0.2) is 0 Å². The van der Waals surface area contributed by atoms with E-state index in [1.54, 1.807) is 38.1 Å². The number of fused-ring (bicyclic) bond motifs is 1. The van der Waals surface area contributed by atoms with Crippen LogP contribution in [-0.4, -0.2) is 40.6 Å². The molecule has 6 heteroatoms. The number of aliphatic carboxylic acids is 1. The van der Waals surface area contributed by atoms with Crippen LogP contribution in [0.25, 0.3) is 10.9 Å². The van der Waals surface area contributed by atoms with Gasteiger partial charge in [0.25, 0.3) is 0 Å². The maximum Gasteiger partial charge on any atom is 0.336 e. The average Bonchev–Trinajstić information content (AvgIpc) is 2.65. The van der Waals surface area contributed by atoms with Crippen LogP contribution in [0.1, 0.15) is 32.3 Å². The molecular weight excluding hydrogens is 344 g/mol. The van der Waals surface area contributed by atoms with Gasteiger partial charge in [0.1, 0.15) is 0 Å². The summed E-state index contributed by atoms with van der Waals surface area (Å²) in [5.41, 5.74) is 3.27. The van der Waals surface area contributed by atoms with E-state index in [0.29, 0.717) is 17.0 Å². The van der Waals surface area contributed by atoms with Crippen molar-refractivity contribution >= 4 is 22.8 Å². The zero-order chi connectivity index (χ0) is 19.7. The van der Waals surface area contributed by atoms with Gasteiger partial charge in [-0.2, -0.15) is 0 Å². The molecule has 1 N–H and O–H groups in total. The molecule has 140 valence electrons. The predicted octanol–water partition coefficient (Wildman–Crippen LogP) is 3.46. The van der Waals surface area contributed by atoms with Crippen molar-refractivity contribution in [1.82, 2.24) is 9.88 Å². The number of aromatic nitrogens is 1. The monoisotopic (exact) mass is 366 g/mol. The molecule has 3 rings (SSSR count). The van der Waals surface area contributed by atoms with E-state index in [-0.39, 0.29) is 12.2 Å². The van der Waals surface area contributed by atoms with E-state index >= 15 is 0 Å². The van der Waals surface area contributed by atoms with E-state index in [4.69, 9.17) is 4.74 Å². The molecule has 0 spiro atoms. The molecule has 0 fully saturated rings. The first-order valence-electron chi connectivity index (χ1n) is 8.77. The highest BCUT2D eigenvalue weighted by Crippen LogP contribution is 2.43. The topological polar surface area (TPSA) is 79.7 Å². The summed E-state index contributed by atoms with van der Waals surface area (Å²) in [4.78, 5) is 31.1. The first kappa shape index (κ1) is 18.6. The molecule has 0 saturated heterocycles. The summed E-state index contributed by atoms with van der Waals surface area (Å²) in [5.74, 6) is -2.29. The lowest BCUT2D eigenvalue weighted by molar-refractivity contribution is -0.139. The van der Waals surface area contributed by atoms with Gasteiger partial charge in [-0.1, -0.05) is 18.2 Å². The Bertz CT molecular complexity index is 985. The molecule has 27 heavy (non-hydrogen) atoms. The van der Waals surface area contributed by atoms with Crippen LogP contribution in [0.4, 0.5) is 0 Å². The summed E-state index contributed by atoms with van der Waals surface area (Å²) < 4.78 is 5.27. The normalized spacial score (nSPS) is 17.5. The van der Waals surface area contributed by atoms with E-state index in [2.05, 4.69) is 4.98 Å². The average molecular weight is 366 g/mol. The van der Waals surface area contributed by atoms with Crippen molar-refractivity contribution in [3.8, 4) is 0 Å². The number of carboxylic acid groups (broad SMARTS) is 1. The summed E-state index contributed by atoms with van der Waals surface area (Å²) in [7, 11) is 1.76. The van der Waals surface area contributed by atoms with E-state index < -0.39 is 17.9 Å². The Morgan fingerprint density at radius 2 is 1.81 bits per heavy atom. The third-order valence-electron chi connectivity index (χ3n) is 5.08. The molecule has 1 atom stereocenters. The number of nitrogens with zero attached hydrogens (tertiary/aromatic N) is 2. The number of ether oxygens (including phenoxy) is 1. The quantitative estimate of drug-likeness (QED) is 0.835. The van der Waals surface area contributed by atoms with Gasteiger partial charge in [-0.15, -0.1) is 0 Å². The smallest absolute Gasteiger partial charge is 0.336 e. The van der Waals surface area contributed by atoms with E-state index in [0.717, 1.165) is 16.5 Å². The molecule has 6 nitrogen and oxygen atoms in total. The molecule has 0 bridgehead atoms. The Labute approximate surface area is 157 Å².